The lowest BCUT2D eigenvalue weighted by molar-refractivity contribution is 0.436. The van der Waals surface area contributed by atoms with Crippen LogP contribution in [0.25, 0.3) is 0 Å². The van der Waals surface area contributed by atoms with Crippen LogP contribution in [0.4, 0.5) is 5.82 Å². The van der Waals surface area contributed by atoms with Crippen LogP contribution in [-0.2, 0) is 0 Å². The number of hydrogen-bond donors (Lipinski definition) is 0. The van der Waals surface area contributed by atoms with Gasteiger partial charge in [0, 0.05) is 13.1 Å². The highest BCUT2D eigenvalue weighted by molar-refractivity contribution is 6.29. The smallest absolute Gasteiger partial charge is 0.132 e. The van der Waals surface area contributed by atoms with Crippen LogP contribution >= 0.6 is 11.6 Å². The van der Waals surface area contributed by atoms with E-state index in [1.165, 1.54) is 12.8 Å². The summed E-state index contributed by atoms with van der Waals surface area (Å²) in [7, 11) is 0. The van der Waals surface area contributed by atoms with Crippen LogP contribution in [0.5, 0.6) is 0 Å². The number of rotatable bonds is 1. The molecule has 1 saturated heterocycles. The second-order valence-corrected chi connectivity index (χ2v) is 4.71. The van der Waals surface area contributed by atoms with E-state index < -0.39 is 0 Å². The van der Waals surface area contributed by atoms with Crippen molar-refractivity contribution in [3.8, 4) is 6.07 Å². The predicted molar refractivity (Wildman–Crippen MR) is 64.6 cm³/mol. The van der Waals surface area contributed by atoms with Crippen LogP contribution < -0.4 is 4.90 Å². The summed E-state index contributed by atoms with van der Waals surface area (Å²) in [5.41, 5.74) is 0.577. The first-order chi connectivity index (χ1) is 7.69. The van der Waals surface area contributed by atoms with E-state index in [0.717, 1.165) is 24.8 Å². The van der Waals surface area contributed by atoms with Crippen LogP contribution in [0.1, 0.15) is 25.3 Å². The molecule has 1 aliphatic rings. The molecule has 0 unspecified atom stereocenters. The second kappa shape index (κ2) is 4.71. The van der Waals surface area contributed by atoms with E-state index in [9.17, 15) is 0 Å². The molecule has 0 radical (unpaired) electrons. The second-order valence-electron chi connectivity index (χ2n) is 4.32. The Hall–Kier alpha value is -1.27. The van der Waals surface area contributed by atoms with Gasteiger partial charge in [-0.1, -0.05) is 18.5 Å². The normalized spacial score (nSPS) is 17.2. The fourth-order valence-electron chi connectivity index (χ4n) is 1.95. The van der Waals surface area contributed by atoms with Crippen molar-refractivity contribution in [2.45, 2.75) is 19.8 Å². The third-order valence-corrected chi connectivity index (χ3v) is 3.21. The molecule has 1 fully saturated rings. The number of piperidine rings is 1. The number of pyridine rings is 1. The maximum absolute atomic E-state index is 8.87. The van der Waals surface area contributed by atoms with Crippen molar-refractivity contribution in [2.24, 2.45) is 5.92 Å². The molecule has 4 heteroatoms. The highest BCUT2D eigenvalue weighted by Gasteiger charge is 2.17. The van der Waals surface area contributed by atoms with Crippen LogP contribution in [0.3, 0.4) is 0 Å². The molecule has 1 aromatic rings. The zero-order chi connectivity index (χ0) is 11.5. The largest absolute Gasteiger partial charge is 0.357 e. The molecule has 0 atom stereocenters. The van der Waals surface area contributed by atoms with Crippen molar-refractivity contribution in [2.75, 3.05) is 18.0 Å². The quantitative estimate of drug-likeness (QED) is 0.703. The molecule has 0 N–H and O–H groups in total. The monoisotopic (exact) mass is 235 g/mol. The Morgan fingerprint density at radius 1 is 1.44 bits per heavy atom. The van der Waals surface area contributed by atoms with Crippen LogP contribution in [0.2, 0.25) is 5.15 Å². The molecule has 2 rings (SSSR count). The molecule has 1 aliphatic heterocycles. The van der Waals surface area contributed by atoms with Gasteiger partial charge in [-0.05, 0) is 30.9 Å². The molecule has 0 aliphatic carbocycles. The van der Waals surface area contributed by atoms with E-state index in [1.807, 2.05) is 6.07 Å². The third-order valence-electron chi connectivity index (χ3n) is 3.02. The Morgan fingerprint density at radius 2 is 2.12 bits per heavy atom. The van der Waals surface area contributed by atoms with E-state index in [2.05, 4.69) is 22.9 Å². The molecule has 0 bridgehead atoms. The van der Waals surface area contributed by atoms with E-state index >= 15 is 0 Å². The van der Waals surface area contributed by atoms with Gasteiger partial charge in [0.1, 0.15) is 11.0 Å². The minimum absolute atomic E-state index is 0.396. The van der Waals surface area contributed by atoms with Crippen LogP contribution in [-0.4, -0.2) is 18.1 Å². The zero-order valence-electron chi connectivity index (χ0n) is 9.28. The molecule has 0 saturated carbocycles. The van der Waals surface area contributed by atoms with Gasteiger partial charge in [-0.15, -0.1) is 0 Å². The first kappa shape index (κ1) is 11.2. The lowest BCUT2D eigenvalue weighted by Gasteiger charge is -2.31. The molecule has 2 heterocycles. The van der Waals surface area contributed by atoms with Gasteiger partial charge in [0.2, 0.25) is 0 Å². The molecule has 0 amide bonds. The molecule has 0 aromatic carbocycles. The average Bonchev–Trinajstić information content (AvgIpc) is 2.29. The fourth-order valence-corrected chi connectivity index (χ4v) is 2.15. The summed E-state index contributed by atoms with van der Waals surface area (Å²) in [4.78, 5) is 6.47. The Bertz CT molecular complexity index is 417. The highest BCUT2D eigenvalue weighted by Crippen LogP contribution is 2.23. The first-order valence-corrected chi connectivity index (χ1v) is 5.89. The van der Waals surface area contributed by atoms with E-state index in [1.54, 1.807) is 6.07 Å². The van der Waals surface area contributed by atoms with Gasteiger partial charge in [-0.25, -0.2) is 4.98 Å². The van der Waals surface area contributed by atoms with Gasteiger partial charge in [0.25, 0.3) is 0 Å². The summed E-state index contributed by atoms with van der Waals surface area (Å²) in [6.07, 6.45) is 2.35. The van der Waals surface area contributed by atoms with Gasteiger partial charge >= 0.3 is 0 Å². The van der Waals surface area contributed by atoms with Crippen molar-refractivity contribution >= 4 is 17.4 Å². The Labute approximate surface area is 101 Å². The zero-order valence-corrected chi connectivity index (χ0v) is 10.0. The van der Waals surface area contributed by atoms with Gasteiger partial charge in [-0.2, -0.15) is 5.26 Å². The van der Waals surface area contributed by atoms with Gasteiger partial charge in [0.05, 0.1) is 11.6 Å². The molecule has 0 spiro atoms. The Kier molecular flexibility index (Phi) is 3.31. The summed E-state index contributed by atoms with van der Waals surface area (Å²) >= 11 is 5.89. The summed E-state index contributed by atoms with van der Waals surface area (Å²) in [5.74, 6) is 1.61. The lowest BCUT2D eigenvalue weighted by atomic mass is 9.99. The minimum atomic E-state index is 0.396. The SMILES string of the molecule is CC1CCN(c2cc(C#N)cc(Cl)n2)CC1. The number of nitrogens with zero attached hydrogens (tertiary/aromatic N) is 3. The molecular weight excluding hydrogens is 222 g/mol. The molecular formula is C12H14ClN3. The number of nitriles is 1. The average molecular weight is 236 g/mol. The molecule has 1 aromatic heterocycles. The molecule has 3 nitrogen and oxygen atoms in total. The van der Waals surface area contributed by atoms with Gasteiger partial charge in [-0.3, -0.25) is 0 Å². The summed E-state index contributed by atoms with van der Waals surface area (Å²) in [5, 5.41) is 9.27. The van der Waals surface area contributed by atoms with Crippen LogP contribution in [0.15, 0.2) is 12.1 Å². The minimum Gasteiger partial charge on any atom is -0.357 e. The highest BCUT2D eigenvalue weighted by atomic mass is 35.5. The summed E-state index contributed by atoms with van der Waals surface area (Å²) in [6.45, 7) is 4.27. The van der Waals surface area contributed by atoms with Crippen molar-refractivity contribution in [1.29, 1.82) is 5.26 Å². The maximum atomic E-state index is 8.87. The topological polar surface area (TPSA) is 39.9 Å². The summed E-state index contributed by atoms with van der Waals surface area (Å²) in [6, 6.07) is 5.51. The number of anilines is 1. The van der Waals surface area contributed by atoms with E-state index in [0.29, 0.717) is 10.7 Å². The lowest BCUT2D eigenvalue weighted by Crippen LogP contribution is -2.33. The molecule has 16 heavy (non-hydrogen) atoms. The number of aromatic nitrogens is 1. The first-order valence-electron chi connectivity index (χ1n) is 5.51. The van der Waals surface area contributed by atoms with Crippen molar-refractivity contribution in [3.05, 3.63) is 22.8 Å². The number of hydrogen-bond acceptors (Lipinski definition) is 3. The van der Waals surface area contributed by atoms with E-state index in [-0.39, 0.29) is 0 Å². The van der Waals surface area contributed by atoms with Crippen molar-refractivity contribution < 1.29 is 0 Å². The predicted octanol–water partition coefficient (Wildman–Crippen LogP) is 2.84. The maximum Gasteiger partial charge on any atom is 0.132 e. The number of halogens is 1. The Morgan fingerprint density at radius 3 is 2.75 bits per heavy atom. The molecule has 84 valence electrons. The van der Waals surface area contributed by atoms with Crippen LogP contribution in [0, 0.1) is 17.2 Å². The van der Waals surface area contributed by atoms with E-state index in [4.69, 9.17) is 16.9 Å². The van der Waals surface area contributed by atoms with Gasteiger partial charge < -0.3 is 4.90 Å². The van der Waals surface area contributed by atoms with Crippen molar-refractivity contribution in [3.63, 3.8) is 0 Å². The fraction of sp³-hybridized carbons (Fsp3) is 0.500. The standard InChI is InChI=1S/C12H14ClN3/c1-9-2-4-16(5-3-9)12-7-10(8-14)6-11(13)15-12/h6-7,9H,2-5H2,1H3. The van der Waals surface area contributed by atoms with Gasteiger partial charge in [0.15, 0.2) is 0 Å². The van der Waals surface area contributed by atoms with Crippen molar-refractivity contribution in [1.82, 2.24) is 4.98 Å². The Balaban J connectivity index is 2.20. The third kappa shape index (κ3) is 2.45. The summed E-state index contributed by atoms with van der Waals surface area (Å²) < 4.78 is 0.